The molecule has 0 spiro atoms. The number of carbonyl (C=O) groups is 1. The molecule has 0 radical (unpaired) electrons. The Labute approximate surface area is 152 Å². The van der Waals surface area contributed by atoms with E-state index in [0.717, 1.165) is 17.6 Å². The predicted octanol–water partition coefficient (Wildman–Crippen LogP) is 2.75. The van der Waals surface area contributed by atoms with Crippen LogP contribution in [-0.4, -0.2) is 55.0 Å². The molecule has 134 valence electrons. The van der Waals surface area contributed by atoms with Gasteiger partial charge in [-0.2, -0.15) is 0 Å². The fraction of sp³-hybridized carbons (Fsp3) is 0.611. The van der Waals surface area contributed by atoms with Crippen LogP contribution in [0.15, 0.2) is 22.7 Å². The highest BCUT2D eigenvalue weighted by Crippen LogP contribution is 2.34. The number of esters is 1. The van der Waals surface area contributed by atoms with Gasteiger partial charge >= 0.3 is 5.97 Å². The molecule has 24 heavy (non-hydrogen) atoms. The summed E-state index contributed by atoms with van der Waals surface area (Å²) in [7, 11) is 0. The second-order valence-corrected chi connectivity index (χ2v) is 7.98. The number of benzene rings is 1. The number of rotatable bonds is 4. The van der Waals surface area contributed by atoms with Crippen molar-refractivity contribution in [1.29, 1.82) is 0 Å². The molecule has 1 atom stereocenters. The highest BCUT2D eigenvalue weighted by Gasteiger charge is 2.30. The van der Waals surface area contributed by atoms with Crippen molar-refractivity contribution < 1.29 is 14.6 Å². The average molecular weight is 399 g/mol. The average Bonchev–Trinajstić information content (AvgIpc) is 2.54. The number of aliphatic hydroxyl groups excluding tert-OH is 1. The van der Waals surface area contributed by atoms with Gasteiger partial charge in [0.05, 0.1) is 6.61 Å². The molecule has 1 fully saturated rings. The molecule has 1 aromatic rings. The molecule has 1 aliphatic rings. The van der Waals surface area contributed by atoms with Crippen LogP contribution in [0.1, 0.15) is 33.3 Å². The van der Waals surface area contributed by atoms with Crippen molar-refractivity contribution in [3.05, 3.63) is 28.2 Å². The van der Waals surface area contributed by atoms with Crippen LogP contribution in [0.4, 0.5) is 5.69 Å². The van der Waals surface area contributed by atoms with E-state index in [1.54, 1.807) is 11.8 Å². The van der Waals surface area contributed by atoms with Crippen LogP contribution in [0.3, 0.4) is 0 Å². The molecule has 0 saturated carbocycles. The van der Waals surface area contributed by atoms with Gasteiger partial charge < -0.3 is 14.7 Å². The third kappa shape index (κ3) is 4.49. The summed E-state index contributed by atoms with van der Waals surface area (Å²) in [4.78, 5) is 15.8. The van der Waals surface area contributed by atoms with E-state index in [4.69, 9.17) is 4.74 Å². The Hall–Kier alpha value is -1.11. The Bertz CT molecular complexity index is 578. The molecule has 1 aromatic carbocycles. The van der Waals surface area contributed by atoms with Gasteiger partial charge in [-0.05, 0) is 36.1 Å². The lowest BCUT2D eigenvalue weighted by molar-refractivity contribution is -0.164. The normalized spacial score (nSPS) is 17.7. The standard InChI is InChI=1S/C18H27BrN2O3/c1-5-24-17(23)16(22)21-10-8-20(9-11-21)15-7-6-13(19)12-14(15)18(2,3)4/h6-7,12,16,22H,5,8-11H2,1-4H3. The monoisotopic (exact) mass is 398 g/mol. The number of nitrogens with zero attached hydrogens (tertiary/aromatic N) is 2. The van der Waals surface area contributed by atoms with Crippen molar-refractivity contribution in [2.24, 2.45) is 0 Å². The summed E-state index contributed by atoms with van der Waals surface area (Å²) in [6.45, 7) is 11.4. The number of hydrogen-bond acceptors (Lipinski definition) is 5. The molecule has 0 aromatic heterocycles. The van der Waals surface area contributed by atoms with E-state index in [-0.39, 0.29) is 12.0 Å². The van der Waals surface area contributed by atoms with Crippen LogP contribution in [0.2, 0.25) is 0 Å². The van der Waals surface area contributed by atoms with Crippen molar-refractivity contribution >= 4 is 27.6 Å². The van der Waals surface area contributed by atoms with E-state index in [1.807, 2.05) is 0 Å². The first-order chi connectivity index (χ1) is 11.2. The van der Waals surface area contributed by atoms with Gasteiger partial charge in [0.25, 0.3) is 0 Å². The van der Waals surface area contributed by atoms with E-state index < -0.39 is 12.2 Å². The molecular weight excluding hydrogens is 372 g/mol. The van der Waals surface area contributed by atoms with Gasteiger partial charge in [0.15, 0.2) is 0 Å². The van der Waals surface area contributed by atoms with Gasteiger partial charge in [0, 0.05) is 36.3 Å². The maximum Gasteiger partial charge on any atom is 0.350 e. The van der Waals surface area contributed by atoms with E-state index >= 15 is 0 Å². The maximum atomic E-state index is 11.7. The van der Waals surface area contributed by atoms with Crippen molar-refractivity contribution in [2.45, 2.75) is 39.3 Å². The molecule has 0 bridgehead atoms. The molecule has 5 nitrogen and oxygen atoms in total. The smallest absolute Gasteiger partial charge is 0.350 e. The topological polar surface area (TPSA) is 53.0 Å². The second kappa shape index (κ2) is 7.85. The molecule has 1 N–H and O–H groups in total. The van der Waals surface area contributed by atoms with Gasteiger partial charge in [-0.15, -0.1) is 0 Å². The number of anilines is 1. The SMILES string of the molecule is CCOC(=O)C(O)N1CCN(c2ccc(Br)cc2C(C)(C)C)CC1. The van der Waals surface area contributed by atoms with Crippen molar-refractivity contribution in [3.8, 4) is 0 Å². The van der Waals surface area contributed by atoms with Crippen molar-refractivity contribution in [1.82, 2.24) is 4.90 Å². The lowest BCUT2D eigenvalue weighted by atomic mass is 9.85. The molecule has 0 aliphatic carbocycles. The maximum absolute atomic E-state index is 11.7. The largest absolute Gasteiger partial charge is 0.463 e. The van der Waals surface area contributed by atoms with Crippen molar-refractivity contribution in [2.75, 3.05) is 37.7 Å². The fourth-order valence-electron chi connectivity index (χ4n) is 2.96. The Morgan fingerprint density at radius 3 is 2.46 bits per heavy atom. The van der Waals surface area contributed by atoms with Gasteiger partial charge in [-0.1, -0.05) is 36.7 Å². The summed E-state index contributed by atoms with van der Waals surface area (Å²) in [5.74, 6) is -0.565. The summed E-state index contributed by atoms with van der Waals surface area (Å²) >= 11 is 3.56. The summed E-state index contributed by atoms with van der Waals surface area (Å²) in [6.07, 6.45) is -1.17. The zero-order valence-corrected chi connectivity index (χ0v) is 16.5. The van der Waals surface area contributed by atoms with Gasteiger partial charge in [-0.3, -0.25) is 4.90 Å². The molecule has 1 saturated heterocycles. The Balaban J connectivity index is 2.09. The van der Waals surface area contributed by atoms with E-state index in [0.29, 0.717) is 13.1 Å². The van der Waals surface area contributed by atoms with Crippen LogP contribution in [0.25, 0.3) is 0 Å². The highest BCUT2D eigenvalue weighted by molar-refractivity contribution is 9.10. The summed E-state index contributed by atoms with van der Waals surface area (Å²) in [5, 5.41) is 10.1. The fourth-order valence-corrected chi connectivity index (χ4v) is 3.32. The quantitative estimate of drug-likeness (QED) is 0.790. The van der Waals surface area contributed by atoms with Crippen molar-refractivity contribution in [3.63, 3.8) is 0 Å². The number of carbonyl (C=O) groups excluding carboxylic acids is 1. The lowest BCUT2D eigenvalue weighted by Crippen LogP contribution is -2.53. The summed E-state index contributed by atoms with van der Waals surface area (Å²) in [5.41, 5.74) is 2.55. The first kappa shape index (κ1) is 19.2. The Kier molecular flexibility index (Phi) is 6.28. The van der Waals surface area contributed by atoms with Gasteiger partial charge in [-0.25, -0.2) is 4.79 Å². The molecule has 0 amide bonds. The predicted molar refractivity (Wildman–Crippen MR) is 99.3 cm³/mol. The number of piperazine rings is 1. The lowest BCUT2D eigenvalue weighted by Gasteiger charge is -2.39. The van der Waals surface area contributed by atoms with Crippen LogP contribution in [0.5, 0.6) is 0 Å². The van der Waals surface area contributed by atoms with E-state index in [9.17, 15) is 9.90 Å². The minimum atomic E-state index is -1.17. The molecule has 1 aliphatic heterocycles. The molecule has 1 unspecified atom stereocenters. The van der Waals surface area contributed by atoms with Crippen LogP contribution in [-0.2, 0) is 14.9 Å². The summed E-state index contributed by atoms with van der Waals surface area (Å²) in [6, 6.07) is 6.38. The van der Waals surface area contributed by atoms with Crippen LogP contribution >= 0.6 is 15.9 Å². The summed E-state index contributed by atoms with van der Waals surface area (Å²) < 4.78 is 5.97. The number of ether oxygens (including phenoxy) is 1. The number of halogens is 1. The third-order valence-corrected chi connectivity index (χ3v) is 4.76. The van der Waals surface area contributed by atoms with Gasteiger partial charge in [0.1, 0.15) is 0 Å². The van der Waals surface area contributed by atoms with E-state index in [1.165, 1.54) is 11.3 Å². The molecule has 2 rings (SSSR count). The molecule has 1 heterocycles. The first-order valence-corrected chi connectivity index (χ1v) is 9.17. The van der Waals surface area contributed by atoms with E-state index in [2.05, 4.69) is 59.8 Å². The second-order valence-electron chi connectivity index (χ2n) is 7.06. The highest BCUT2D eigenvalue weighted by atomic mass is 79.9. The Morgan fingerprint density at radius 2 is 1.92 bits per heavy atom. The minimum absolute atomic E-state index is 0.0424. The zero-order valence-electron chi connectivity index (χ0n) is 14.9. The number of aliphatic hydroxyl groups is 1. The molecular formula is C18H27BrN2O3. The first-order valence-electron chi connectivity index (χ1n) is 8.37. The molecule has 6 heteroatoms. The third-order valence-electron chi connectivity index (χ3n) is 4.26. The van der Waals surface area contributed by atoms with Crippen LogP contribution in [0, 0.1) is 0 Å². The zero-order chi connectivity index (χ0) is 17.9. The van der Waals surface area contributed by atoms with Gasteiger partial charge in [0.2, 0.25) is 6.23 Å². The Morgan fingerprint density at radius 1 is 1.29 bits per heavy atom. The number of hydrogen-bond donors (Lipinski definition) is 1. The van der Waals surface area contributed by atoms with Crippen LogP contribution < -0.4 is 4.90 Å². The minimum Gasteiger partial charge on any atom is -0.463 e.